The van der Waals surface area contributed by atoms with Gasteiger partial charge in [-0.05, 0) is 96.7 Å². The third kappa shape index (κ3) is 15.5. The fourth-order valence-electron chi connectivity index (χ4n) is 9.01. The van der Waals surface area contributed by atoms with Gasteiger partial charge in [0.25, 0.3) is 0 Å². The molecule has 0 heteroatoms. The topological polar surface area (TPSA) is 0 Å². The summed E-state index contributed by atoms with van der Waals surface area (Å²) in [7, 11) is 0. The summed E-state index contributed by atoms with van der Waals surface area (Å²) >= 11 is 0. The number of rotatable bonds is 15. The van der Waals surface area contributed by atoms with Crippen LogP contribution < -0.4 is 0 Å². The maximum atomic E-state index is 2.67. The molecule has 0 heterocycles. The Hall–Kier alpha value is 0. The fourth-order valence-corrected chi connectivity index (χ4v) is 9.01. The van der Waals surface area contributed by atoms with Crippen molar-refractivity contribution in [2.24, 2.45) is 71.0 Å². The molecule has 250 valence electrons. The van der Waals surface area contributed by atoms with E-state index < -0.39 is 0 Å². The van der Waals surface area contributed by atoms with Crippen LogP contribution in [0.1, 0.15) is 194 Å². The van der Waals surface area contributed by atoms with Crippen molar-refractivity contribution < 1.29 is 0 Å². The Bertz CT molecular complexity index is 542. The second-order valence-corrected chi connectivity index (χ2v) is 15.0. The van der Waals surface area contributed by atoms with E-state index in [2.05, 4.69) is 83.1 Å². The minimum absolute atomic E-state index is 0.785. The lowest BCUT2D eigenvalue weighted by molar-refractivity contribution is 0.0257. The van der Waals surface area contributed by atoms with Gasteiger partial charge < -0.3 is 0 Å². The van der Waals surface area contributed by atoms with Gasteiger partial charge in [-0.2, -0.15) is 0 Å². The molecule has 0 aliphatic heterocycles. The van der Waals surface area contributed by atoms with Gasteiger partial charge in [0.15, 0.2) is 0 Å². The molecule has 0 bridgehead atoms. The van der Waals surface area contributed by atoms with Crippen molar-refractivity contribution in [3.63, 3.8) is 0 Å². The molecular formula is C41H86. The molecule has 2 aliphatic carbocycles. The molecule has 2 saturated carbocycles. The normalized spacial score (nSPS) is 24.8. The lowest BCUT2D eigenvalue weighted by Crippen LogP contribution is -2.40. The molecule has 0 amide bonds. The summed E-state index contributed by atoms with van der Waals surface area (Å²) < 4.78 is 0. The molecule has 0 N–H and O–H groups in total. The van der Waals surface area contributed by atoms with Crippen LogP contribution >= 0.6 is 0 Å². The van der Waals surface area contributed by atoms with Gasteiger partial charge in [-0.1, -0.05) is 169 Å². The molecule has 10 atom stereocenters. The van der Waals surface area contributed by atoms with Crippen LogP contribution in [0.25, 0.3) is 0 Å². The molecule has 0 aromatic heterocycles. The van der Waals surface area contributed by atoms with Gasteiger partial charge in [-0.15, -0.1) is 0 Å². The second-order valence-electron chi connectivity index (χ2n) is 15.0. The molecule has 0 radical (unpaired) electrons. The highest BCUT2D eigenvalue weighted by Crippen LogP contribution is 2.49. The lowest BCUT2D eigenvalue weighted by Gasteiger charge is -2.46. The van der Waals surface area contributed by atoms with Crippen LogP contribution in [0.2, 0.25) is 0 Å². The first kappa shape index (κ1) is 43.1. The van der Waals surface area contributed by atoms with E-state index in [-0.39, 0.29) is 0 Å². The van der Waals surface area contributed by atoms with E-state index in [4.69, 9.17) is 0 Å². The van der Waals surface area contributed by atoms with Gasteiger partial charge >= 0.3 is 0 Å². The summed E-state index contributed by atoms with van der Waals surface area (Å²) in [6.45, 7) is 37.7. The van der Waals surface area contributed by atoms with Gasteiger partial charge in [0, 0.05) is 0 Å². The van der Waals surface area contributed by atoms with Crippen LogP contribution in [0.15, 0.2) is 0 Å². The Balaban J connectivity index is 0. The third-order valence-corrected chi connectivity index (χ3v) is 11.4. The van der Waals surface area contributed by atoms with Gasteiger partial charge in [-0.25, -0.2) is 0 Å². The summed E-state index contributed by atoms with van der Waals surface area (Å²) in [5.41, 5.74) is 0. The maximum absolute atomic E-state index is 2.67. The van der Waals surface area contributed by atoms with Crippen LogP contribution in [-0.4, -0.2) is 0 Å². The average molecular weight is 579 g/mol. The SMILES string of the molecule is CC.CC.CCC.CCCC(C)C(C)C(C(C)CC(C)CC)C(C(C)C)C(C)C(C)CC1CCC(C2CCCC2)C1. The third-order valence-electron chi connectivity index (χ3n) is 11.4. The molecule has 2 rings (SSSR count). The van der Waals surface area contributed by atoms with Crippen molar-refractivity contribution >= 4 is 0 Å². The van der Waals surface area contributed by atoms with Gasteiger partial charge in [0.05, 0.1) is 0 Å². The van der Waals surface area contributed by atoms with E-state index in [9.17, 15) is 0 Å². The smallest absolute Gasteiger partial charge is 0.0327 e. The molecule has 0 spiro atoms. The summed E-state index contributed by atoms with van der Waals surface area (Å²) in [4.78, 5) is 0. The highest BCUT2D eigenvalue weighted by Gasteiger charge is 2.41. The minimum Gasteiger partial charge on any atom is -0.0683 e. The molecule has 2 fully saturated rings. The van der Waals surface area contributed by atoms with Crippen molar-refractivity contribution in [3.8, 4) is 0 Å². The number of hydrogen-bond acceptors (Lipinski definition) is 0. The standard InChI is InChI=1S/C34H66.C3H8.2C2H6/c1-11-15-25(6)28(9)34(27(8)20-24(5)12-2)33(23(3)4)29(10)26(7)21-30-18-19-32(22-30)31-16-13-14-17-31;1-3-2;2*1-2/h23-34H,11-22H2,1-10H3;3H2,1-2H3;2*1-2H3. The maximum Gasteiger partial charge on any atom is -0.0327 e. The Morgan fingerprint density at radius 2 is 1.10 bits per heavy atom. The Morgan fingerprint density at radius 3 is 1.56 bits per heavy atom. The summed E-state index contributed by atoms with van der Waals surface area (Å²) in [5.74, 6) is 10.8. The zero-order valence-corrected chi connectivity index (χ0v) is 32.1. The Labute approximate surface area is 264 Å². The first-order chi connectivity index (χ1) is 19.5. The molecule has 0 aromatic carbocycles. The molecule has 0 nitrogen and oxygen atoms in total. The fraction of sp³-hybridized carbons (Fsp3) is 1.00. The van der Waals surface area contributed by atoms with E-state index in [1.165, 1.54) is 57.8 Å². The first-order valence-corrected chi connectivity index (χ1v) is 19.5. The quantitative estimate of drug-likeness (QED) is 0.181. The second kappa shape index (κ2) is 25.3. The van der Waals surface area contributed by atoms with Gasteiger partial charge in [0.2, 0.25) is 0 Å². The molecule has 2 aliphatic rings. The van der Waals surface area contributed by atoms with Gasteiger partial charge in [-0.3, -0.25) is 0 Å². The van der Waals surface area contributed by atoms with Gasteiger partial charge in [0.1, 0.15) is 0 Å². The lowest BCUT2D eigenvalue weighted by atomic mass is 9.59. The van der Waals surface area contributed by atoms with E-state index >= 15 is 0 Å². The van der Waals surface area contributed by atoms with Crippen LogP contribution in [-0.2, 0) is 0 Å². The van der Waals surface area contributed by atoms with E-state index in [0.29, 0.717) is 0 Å². The zero-order chi connectivity index (χ0) is 32.1. The van der Waals surface area contributed by atoms with Crippen molar-refractivity contribution in [3.05, 3.63) is 0 Å². The van der Waals surface area contributed by atoms with Crippen molar-refractivity contribution in [1.82, 2.24) is 0 Å². The van der Waals surface area contributed by atoms with E-state index in [1.807, 2.05) is 27.7 Å². The van der Waals surface area contributed by atoms with Crippen molar-refractivity contribution in [1.29, 1.82) is 0 Å². The molecular weight excluding hydrogens is 492 g/mol. The largest absolute Gasteiger partial charge is 0.0683 e. The van der Waals surface area contributed by atoms with Crippen LogP contribution in [0.3, 0.4) is 0 Å². The molecule has 0 aromatic rings. The molecule has 0 saturated heterocycles. The van der Waals surface area contributed by atoms with Crippen LogP contribution in [0.5, 0.6) is 0 Å². The average Bonchev–Trinajstić information content (AvgIpc) is 3.66. The first-order valence-electron chi connectivity index (χ1n) is 19.5. The monoisotopic (exact) mass is 579 g/mol. The molecule has 41 heavy (non-hydrogen) atoms. The summed E-state index contributed by atoms with van der Waals surface area (Å²) in [6, 6.07) is 0. The highest BCUT2D eigenvalue weighted by atomic mass is 14.5. The Kier molecular flexibility index (Phi) is 26.7. The van der Waals surface area contributed by atoms with E-state index in [1.54, 1.807) is 25.7 Å². The van der Waals surface area contributed by atoms with Crippen LogP contribution in [0, 0.1) is 71.0 Å². The van der Waals surface area contributed by atoms with E-state index in [0.717, 1.165) is 71.0 Å². The minimum atomic E-state index is 0.785. The zero-order valence-electron chi connectivity index (χ0n) is 32.1. The highest BCUT2D eigenvalue weighted by molar-refractivity contribution is 4.90. The summed E-state index contributed by atoms with van der Waals surface area (Å²) in [6.07, 6.45) is 19.0. The Morgan fingerprint density at radius 1 is 0.585 bits per heavy atom. The van der Waals surface area contributed by atoms with Crippen LogP contribution in [0.4, 0.5) is 0 Å². The van der Waals surface area contributed by atoms with Crippen molar-refractivity contribution in [2.75, 3.05) is 0 Å². The number of hydrogen-bond donors (Lipinski definition) is 0. The predicted molar refractivity (Wildman–Crippen MR) is 193 cm³/mol. The molecule has 10 unspecified atom stereocenters. The van der Waals surface area contributed by atoms with Crippen molar-refractivity contribution in [2.45, 2.75) is 194 Å². The predicted octanol–water partition coefficient (Wildman–Crippen LogP) is 14.8. The summed E-state index contributed by atoms with van der Waals surface area (Å²) in [5, 5.41) is 0.